The van der Waals surface area contributed by atoms with Gasteiger partial charge in [-0.1, -0.05) is 27.7 Å². The molecular formula is C21H28N4O. The zero-order chi connectivity index (χ0) is 18.7. The SMILES string of the molecule is CCC1N=C(CC(C)c2ccn3nccc3c2)O/C1=C/C(=C\N)C(C)C. The number of fused-ring (bicyclic) bond motifs is 1. The van der Waals surface area contributed by atoms with Gasteiger partial charge in [0.15, 0.2) is 5.90 Å². The van der Waals surface area contributed by atoms with Gasteiger partial charge in [-0.15, -0.1) is 0 Å². The summed E-state index contributed by atoms with van der Waals surface area (Å²) in [4.78, 5) is 4.79. The standard InChI is InChI=1S/C21H28N4O/c1-5-19-20(12-17(13-22)14(2)3)26-21(24-19)10-15(4)16-7-9-25-18(11-16)6-8-23-25/h6-9,11-15,19H,5,10,22H2,1-4H3/b17-13+,20-12+. The summed E-state index contributed by atoms with van der Waals surface area (Å²) >= 11 is 0. The first-order valence-corrected chi connectivity index (χ1v) is 9.33. The van der Waals surface area contributed by atoms with Crippen molar-refractivity contribution >= 4 is 11.4 Å². The van der Waals surface area contributed by atoms with Crippen LogP contribution in [0.5, 0.6) is 0 Å². The minimum Gasteiger partial charge on any atom is -0.445 e. The Bertz CT molecular complexity index is 860. The highest BCUT2D eigenvalue weighted by atomic mass is 16.5. The number of hydrogen-bond donors (Lipinski definition) is 1. The van der Waals surface area contributed by atoms with E-state index in [1.807, 2.05) is 23.0 Å². The van der Waals surface area contributed by atoms with Crippen LogP contribution in [0.2, 0.25) is 0 Å². The molecule has 0 saturated heterocycles. The predicted molar refractivity (Wildman–Crippen MR) is 106 cm³/mol. The molecule has 0 spiro atoms. The summed E-state index contributed by atoms with van der Waals surface area (Å²) in [5, 5.41) is 4.25. The third-order valence-corrected chi connectivity index (χ3v) is 4.89. The molecule has 0 aromatic carbocycles. The van der Waals surface area contributed by atoms with Gasteiger partial charge in [-0.2, -0.15) is 5.10 Å². The molecule has 5 nitrogen and oxygen atoms in total. The molecule has 1 aliphatic heterocycles. The van der Waals surface area contributed by atoms with Crippen LogP contribution < -0.4 is 5.73 Å². The zero-order valence-corrected chi connectivity index (χ0v) is 16.0. The van der Waals surface area contributed by atoms with Gasteiger partial charge >= 0.3 is 0 Å². The Hall–Kier alpha value is -2.56. The molecule has 0 amide bonds. The maximum atomic E-state index is 6.11. The Labute approximate surface area is 155 Å². The van der Waals surface area contributed by atoms with E-state index in [1.54, 1.807) is 6.20 Å². The van der Waals surface area contributed by atoms with Crippen LogP contribution in [0.1, 0.15) is 52.0 Å². The molecule has 26 heavy (non-hydrogen) atoms. The molecule has 2 aromatic rings. The number of allylic oxidation sites excluding steroid dienone is 2. The fraction of sp³-hybridized carbons (Fsp3) is 0.429. The lowest BCUT2D eigenvalue weighted by Crippen LogP contribution is -2.07. The molecule has 3 heterocycles. The number of aromatic nitrogens is 2. The van der Waals surface area contributed by atoms with Crippen LogP contribution in [-0.2, 0) is 4.74 Å². The summed E-state index contributed by atoms with van der Waals surface area (Å²) < 4.78 is 7.98. The van der Waals surface area contributed by atoms with Gasteiger partial charge in [-0.3, -0.25) is 0 Å². The number of ether oxygens (including phenoxy) is 1. The lowest BCUT2D eigenvalue weighted by atomic mass is 9.98. The van der Waals surface area contributed by atoms with Gasteiger partial charge in [0.05, 0.1) is 5.52 Å². The molecule has 2 aromatic heterocycles. The third-order valence-electron chi connectivity index (χ3n) is 4.89. The maximum Gasteiger partial charge on any atom is 0.191 e. The van der Waals surface area contributed by atoms with E-state index < -0.39 is 0 Å². The first-order chi connectivity index (χ1) is 12.5. The molecule has 138 valence electrons. The average Bonchev–Trinajstić information content (AvgIpc) is 3.24. The van der Waals surface area contributed by atoms with Crippen molar-refractivity contribution in [3.05, 3.63) is 59.8 Å². The lowest BCUT2D eigenvalue weighted by Gasteiger charge is -2.13. The predicted octanol–water partition coefficient (Wildman–Crippen LogP) is 4.42. The van der Waals surface area contributed by atoms with Gasteiger partial charge in [-0.05, 0) is 59.9 Å². The molecule has 5 heteroatoms. The quantitative estimate of drug-likeness (QED) is 0.837. The first-order valence-electron chi connectivity index (χ1n) is 9.33. The minimum atomic E-state index is 0.0863. The molecular weight excluding hydrogens is 324 g/mol. The molecule has 3 rings (SSSR count). The number of nitrogens with two attached hydrogens (primary N) is 1. The molecule has 2 N–H and O–H groups in total. The Morgan fingerprint density at radius 3 is 2.85 bits per heavy atom. The van der Waals surface area contributed by atoms with Crippen molar-refractivity contribution in [2.24, 2.45) is 16.6 Å². The van der Waals surface area contributed by atoms with Gasteiger partial charge in [0.1, 0.15) is 11.8 Å². The molecule has 0 aliphatic carbocycles. The van der Waals surface area contributed by atoms with E-state index in [-0.39, 0.29) is 6.04 Å². The zero-order valence-electron chi connectivity index (χ0n) is 16.0. The second kappa shape index (κ2) is 7.77. The topological polar surface area (TPSA) is 64.9 Å². The van der Waals surface area contributed by atoms with Crippen molar-refractivity contribution in [3.63, 3.8) is 0 Å². The van der Waals surface area contributed by atoms with Crippen molar-refractivity contribution in [1.82, 2.24) is 9.61 Å². The van der Waals surface area contributed by atoms with Crippen LogP contribution in [0.25, 0.3) is 5.52 Å². The summed E-state index contributed by atoms with van der Waals surface area (Å²) in [5.74, 6) is 2.40. The maximum absolute atomic E-state index is 6.11. The highest BCUT2D eigenvalue weighted by molar-refractivity contribution is 5.80. The Morgan fingerprint density at radius 2 is 2.15 bits per heavy atom. The van der Waals surface area contributed by atoms with Crippen LogP contribution in [0, 0.1) is 5.92 Å². The van der Waals surface area contributed by atoms with Crippen LogP contribution in [0.15, 0.2) is 59.2 Å². The van der Waals surface area contributed by atoms with E-state index in [0.29, 0.717) is 11.8 Å². The second-order valence-corrected chi connectivity index (χ2v) is 7.18. The molecule has 0 bridgehead atoms. The van der Waals surface area contributed by atoms with Crippen molar-refractivity contribution in [3.8, 4) is 0 Å². The summed E-state index contributed by atoms with van der Waals surface area (Å²) in [6.07, 6.45) is 9.23. The van der Waals surface area contributed by atoms with Crippen molar-refractivity contribution < 1.29 is 4.74 Å². The van der Waals surface area contributed by atoms with Gasteiger partial charge in [0.2, 0.25) is 0 Å². The van der Waals surface area contributed by atoms with Crippen molar-refractivity contribution in [2.45, 2.75) is 52.5 Å². The highest BCUT2D eigenvalue weighted by Gasteiger charge is 2.25. The van der Waals surface area contributed by atoms with Gasteiger partial charge in [-0.25, -0.2) is 9.51 Å². The van der Waals surface area contributed by atoms with E-state index in [4.69, 9.17) is 15.5 Å². The summed E-state index contributed by atoms with van der Waals surface area (Å²) in [5.41, 5.74) is 9.20. The molecule has 0 fully saturated rings. The molecule has 2 unspecified atom stereocenters. The van der Waals surface area contributed by atoms with Crippen molar-refractivity contribution in [1.29, 1.82) is 0 Å². The van der Waals surface area contributed by atoms with Gasteiger partial charge in [0, 0.05) is 18.8 Å². The van der Waals surface area contributed by atoms with Gasteiger partial charge in [0.25, 0.3) is 0 Å². The third kappa shape index (κ3) is 3.82. The van der Waals surface area contributed by atoms with E-state index >= 15 is 0 Å². The number of aliphatic imine (C=N–C) groups is 1. The van der Waals surface area contributed by atoms with Gasteiger partial charge < -0.3 is 10.5 Å². The van der Waals surface area contributed by atoms with E-state index in [2.05, 4.69) is 51.0 Å². The summed E-state index contributed by atoms with van der Waals surface area (Å²) in [7, 11) is 0. The highest BCUT2D eigenvalue weighted by Crippen LogP contribution is 2.29. The fourth-order valence-electron chi connectivity index (χ4n) is 3.18. The summed E-state index contributed by atoms with van der Waals surface area (Å²) in [6, 6.07) is 6.39. The Balaban J connectivity index is 1.74. The number of rotatable bonds is 6. The van der Waals surface area contributed by atoms with Crippen LogP contribution in [0.3, 0.4) is 0 Å². The van der Waals surface area contributed by atoms with E-state index in [1.165, 1.54) is 5.56 Å². The number of pyridine rings is 1. The molecule has 0 saturated carbocycles. The second-order valence-electron chi connectivity index (χ2n) is 7.18. The first kappa shape index (κ1) is 18.2. The summed E-state index contributed by atoms with van der Waals surface area (Å²) in [6.45, 7) is 8.59. The normalized spacial score (nSPS) is 20.7. The van der Waals surface area contributed by atoms with Crippen LogP contribution in [0.4, 0.5) is 0 Å². The number of hydrogen-bond acceptors (Lipinski definition) is 4. The average molecular weight is 352 g/mol. The molecule has 1 aliphatic rings. The lowest BCUT2D eigenvalue weighted by molar-refractivity contribution is 0.397. The smallest absolute Gasteiger partial charge is 0.191 e. The largest absolute Gasteiger partial charge is 0.445 e. The minimum absolute atomic E-state index is 0.0863. The fourth-order valence-corrected chi connectivity index (χ4v) is 3.18. The molecule has 0 radical (unpaired) electrons. The van der Waals surface area contributed by atoms with E-state index in [0.717, 1.165) is 35.6 Å². The van der Waals surface area contributed by atoms with Crippen molar-refractivity contribution in [2.75, 3.05) is 0 Å². The Morgan fingerprint density at radius 1 is 1.35 bits per heavy atom. The van der Waals surface area contributed by atoms with Crippen LogP contribution >= 0.6 is 0 Å². The Kier molecular flexibility index (Phi) is 5.45. The van der Waals surface area contributed by atoms with E-state index in [9.17, 15) is 0 Å². The monoisotopic (exact) mass is 352 g/mol. The van der Waals surface area contributed by atoms with Crippen LogP contribution in [-0.4, -0.2) is 21.6 Å². The molecule has 2 atom stereocenters. The number of nitrogens with zero attached hydrogens (tertiary/aromatic N) is 3.